The highest BCUT2D eigenvalue weighted by Crippen LogP contribution is 2.26. The van der Waals surface area contributed by atoms with Crippen LogP contribution in [-0.4, -0.2) is 29.2 Å². The second-order valence-electron chi connectivity index (χ2n) is 4.85. The number of nitrogens with one attached hydrogen (secondary N) is 1. The first-order valence-corrected chi connectivity index (χ1v) is 6.70. The van der Waals surface area contributed by atoms with Crippen molar-refractivity contribution in [2.75, 3.05) is 12.4 Å². The van der Waals surface area contributed by atoms with Gasteiger partial charge in [-0.1, -0.05) is 6.07 Å². The van der Waals surface area contributed by atoms with Crippen molar-refractivity contribution in [3.63, 3.8) is 0 Å². The maximum Gasteiger partial charge on any atom is 0.342 e. The monoisotopic (exact) mass is 337 g/mol. The van der Waals surface area contributed by atoms with E-state index in [-0.39, 0.29) is 17.9 Å². The van der Waals surface area contributed by atoms with E-state index < -0.39 is 34.8 Å². The molecular weight excluding hydrogens is 324 g/mol. The number of esters is 1. The Balaban J connectivity index is 2.25. The van der Waals surface area contributed by atoms with Crippen molar-refractivity contribution in [1.82, 2.24) is 0 Å². The molecular formula is C16H13F2NO5. The molecule has 2 aromatic carbocycles. The second kappa shape index (κ2) is 6.95. The zero-order valence-electron chi connectivity index (χ0n) is 12.5. The van der Waals surface area contributed by atoms with Gasteiger partial charge in [-0.15, -0.1) is 0 Å². The molecule has 8 heteroatoms. The van der Waals surface area contributed by atoms with Gasteiger partial charge in [0.05, 0.1) is 19.2 Å². The molecule has 126 valence electrons. The Labute approximate surface area is 135 Å². The Kier molecular flexibility index (Phi) is 4.98. The number of phenols is 2. The summed E-state index contributed by atoms with van der Waals surface area (Å²) in [6, 6.07) is 5.05. The van der Waals surface area contributed by atoms with Gasteiger partial charge >= 0.3 is 5.97 Å². The quantitative estimate of drug-likeness (QED) is 0.588. The van der Waals surface area contributed by atoms with Crippen molar-refractivity contribution in [1.29, 1.82) is 0 Å². The average molecular weight is 337 g/mol. The van der Waals surface area contributed by atoms with E-state index in [0.29, 0.717) is 11.6 Å². The maximum atomic E-state index is 13.8. The third-order valence-corrected chi connectivity index (χ3v) is 3.12. The third-order valence-electron chi connectivity index (χ3n) is 3.12. The molecule has 0 radical (unpaired) electrons. The van der Waals surface area contributed by atoms with Crippen LogP contribution in [-0.2, 0) is 16.0 Å². The van der Waals surface area contributed by atoms with Crippen LogP contribution in [0.1, 0.15) is 15.9 Å². The molecule has 2 rings (SSSR count). The normalized spacial score (nSPS) is 10.3. The third kappa shape index (κ3) is 3.78. The predicted molar refractivity (Wildman–Crippen MR) is 79.8 cm³/mol. The molecule has 0 aliphatic carbocycles. The summed E-state index contributed by atoms with van der Waals surface area (Å²) in [6.07, 6.45) is -0.257. The van der Waals surface area contributed by atoms with Crippen LogP contribution in [0.2, 0.25) is 0 Å². The zero-order chi connectivity index (χ0) is 17.9. The van der Waals surface area contributed by atoms with Gasteiger partial charge in [0, 0.05) is 6.07 Å². The number of carbonyl (C=O) groups is 2. The fourth-order valence-corrected chi connectivity index (χ4v) is 2.04. The Bertz CT molecular complexity index is 807. The second-order valence-corrected chi connectivity index (χ2v) is 4.85. The highest BCUT2D eigenvalue weighted by Gasteiger charge is 2.21. The zero-order valence-corrected chi connectivity index (χ0v) is 12.5. The molecule has 0 spiro atoms. The summed E-state index contributed by atoms with van der Waals surface area (Å²) in [6.45, 7) is 0. The number of carbonyl (C=O) groups excluding carboxylic acids is 2. The highest BCUT2D eigenvalue weighted by atomic mass is 19.1. The number of benzene rings is 2. The number of hydrogen-bond donors (Lipinski definition) is 3. The van der Waals surface area contributed by atoms with E-state index in [9.17, 15) is 28.6 Å². The van der Waals surface area contributed by atoms with Gasteiger partial charge < -0.3 is 20.3 Å². The van der Waals surface area contributed by atoms with Gasteiger partial charge in [0.2, 0.25) is 5.91 Å². The molecule has 24 heavy (non-hydrogen) atoms. The summed E-state index contributed by atoms with van der Waals surface area (Å²) in [5.41, 5.74) is -0.618. The molecule has 0 aromatic heterocycles. The van der Waals surface area contributed by atoms with Crippen LogP contribution in [0.25, 0.3) is 0 Å². The van der Waals surface area contributed by atoms with E-state index in [1.807, 2.05) is 0 Å². The minimum atomic E-state index is -1.17. The van der Waals surface area contributed by atoms with Crippen LogP contribution < -0.4 is 5.32 Å². The van der Waals surface area contributed by atoms with Crippen molar-refractivity contribution in [3.8, 4) is 11.5 Å². The van der Waals surface area contributed by atoms with Crippen molar-refractivity contribution >= 4 is 17.6 Å². The van der Waals surface area contributed by atoms with E-state index in [1.54, 1.807) is 0 Å². The fourth-order valence-electron chi connectivity index (χ4n) is 2.04. The molecule has 0 fully saturated rings. The Morgan fingerprint density at radius 2 is 1.83 bits per heavy atom. The van der Waals surface area contributed by atoms with E-state index in [1.165, 1.54) is 18.2 Å². The lowest BCUT2D eigenvalue weighted by Crippen LogP contribution is -2.18. The van der Waals surface area contributed by atoms with E-state index >= 15 is 0 Å². The summed E-state index contributed by atoms with van der Waals surface area (Å²) in [4.78, 5) is 23.6. The molecule has 2 aromatic rings. The molecule has 0 unspecified atom stereocenters. The minimum Gasteiger partial charge on any atom is -0.504 e. The number of hydrogen-bond acceptors (Lipinski definition) is 5. The Hall–Kier alpha value is -3.16. The molecule has 1 amide bonds. The van der Waals surface area contributed by atoms with Crippen molar-refractivity contribution in [2.45, 2.75) is 6.42 Å². The maximum absolute atomic E-state index is 13.8. The number of amides is 1. The molecule has 0 heterocycles. The molecule has 0 atom stereocenters. The molecule has 0 bridgehead atoms. The van der Waals surface area contributed by atoms with Gasteiger partial charge in [0.25, 0.3) is 0 Å². The van der Waals surface area contributed by atoms with Crippen LogP contribution in [0.5, 0.6) is 11.5 Å². The number of anilines is 1. The van der Waals surface area contributed by atoms with Crippen LogP contribution in [0, 0.1) is 11.6 Å². The standard InChI is InChI=1S/C16H13F2NO5/c1-24-16(23)15-10(18)6-9(17)7-11(15)19-14(22)5-8-2-3-12(20)13(21)4-8/h2-4,6-7,20-21H,5H2,1H3,(H,19,22). The summed E-state index contributed by atoms with van der Waals surface area (Å²) < 4.78 is 31.5. The fraction of sp³-hybridized carbons (Fsp3) is 0.125. The van der Waals surface area contributed by atoms with Gasteiger partial charge in [-0.05, 0) is 23.8 Å². The number of ether oxygens (including phenoxy) is 1. The van der Waals surface area contributed by atoms with Crippen LogP contribution >= 0.6 is 0 Å². The first-order chi connectivity index (χ1) is 11.3. The van der Waals surface area contributed by atoms with Gasteiger partial charge in [-0.25, -0.2) is 13.6 Å². The average Bonchev–Trinajstić information content (AvgIpc) is 2.49. The molecule has 0 aliphatic rings. The summed E-state index contributed by atoms with van der Waals surface area (Å²) in [7, 11) is 1.02. The lowest BCUT2D eigenvalue weighted by molar-refractivity contribution is -0.115. The summed E-state index contributed by atoms with van der Waals surface area (Å²) in [5, 5.41) is 20.8. The van der Waals surface area contributed by atoms with Crippen molar-refractivity contribution < 1.29 is 33.3 Å². The Morgan fingerprint density at radius 1 is 1.12 bits per heavy atom. The largest absolute Gasteiger partial charge is 0.504 e. The first kappa shape index (κ1) is 17.2. The van der Waals surface area contributed by atoms with E-state index in [4.69, 9.17) is 0 Å². The number of rotatable bonds is 4. The highest BCUT2D eigenvalue weighted by molar-refractivity contribution is 6.02. The predicted octanol–water partition coefficient (Wildman–Crippen LogP) is 2.34. The van der Waals surface area contributed by atoms with Crippen molar-refractivity contribution in [2.24, 2.45) is 0 Å². The molecule has 6 nitrogen and oxygen atoms in total. The number of methoxy groups -OCH3 is 1. The van der Waals surface area contributed by atoms with Crippen LogP contribution in [0.4, 0.5) is 14.5 Å². The Morgan fingerprint density at radius 3 is 2.46 bits per heavy atom. The van der Waals surface area contributed by atoms with E-state index in [2.05, 4.69) is 10.1 Å². The first-order valence-electron chi connectivity index (χ1n) is 6.70. The molecule has 0 aliphatic heterocycles. The van der Waals surface area contributed by atoms with Gasteiger partial charge in [-0.3, -0.25) is 4.79 Å². The minimum absolute atomic E-state index is 0.257. The van der Waals surface area contributed by atoms with Gasteiger partial charge in [0.1, 0.15) is 17.2 Å². The summed E-state index contributed by atoms with van der Waals surface area (Å²) in [5.74, 6) is -4.65. The lowest BCUT2D eigenvalue weighted by Gasteiger charge is -2.11. The van der Waals surface area contributed by atoms with E-state index in [0.717, 1.165) is 13.2 Å². The number of aromatic hydroxyl groups is 2. The topological polar surface area (TPSA) is 95.9 Å². The number of phenolic OH excluding ortho intramolecular Hbond substituents is 2. The molecule has 3 N–H and O–H groups in total. The smallest absolute Gasteiger partial charge is 0.342 e. The molecule has 0 saturated carbocycles. The lowest BCUT2D eigenvalue weighted by atomic mass is 10.1. The molecule has 0 saturated heterocycles. The SMILES string of the molecule is COC(=O)c1c(F)cc(F)cc1NC(=O)Cc1ccc(O)c(O)c1. The van der Waals surface area contributed by atoms with Crippen molar-refractivity contribution in [3.05, 3.63) is 53.1 Å². The van der Waals surface area contributed by atoms with Crippen LogP contribution in [0.15, 0.2) is 30.3 Å². The van der Waals surface area contributed by atoms with Gasteiger partial charge in [-0.2, -0.15) is 0 Å². The number of halogens is 2. The van der Waals surface area contributed by atoms with Crippen LogP contribution in [0.3, 0.4) is 0 Å². The summed E-state index contributed by atoms with van der Waals surface area (Å²) >= 11 is 0. The van der Waals surface area contributed by atoms with Gasteiger partial charge in [0.15, 0.2) is 11.5 Å².